The molecule has 1 amide bonds. The van der Waals surface area contributed by atoms with Gasteiger partial charge in [-0.1, -0.05) is 58.7 Å². The van der Waals surface area contributed by atoms with Crippen LogP contribution in [0.25, 0.3) is 17.1 Å². The average molecular weight is 616 g/mol. The van der Waals surface area contributed by atoms with Crippen molar-refractivity contribution in [2.45, 2.75) is 24.3 Å². The van der Waals surface area contributed by atoms with E-state index in [1.165, 1.54) is 23.1 Å². The maximum atomic E-state index is 12.7. The first-order valence-electron chi connectivity index (χ1n) is 11.8. The van der Waals surface area contributed by atoms with Crippen LogP contribution >= 0.6 is 57.9 Å². The van der Waals surface area contributed by atoms with E-state index < -0.39 is 0 Å². The van der Waals surface area contributed by atoms with Crippen molar-refractivity contribution in [1.82, 2.24) is 30.0 Å². The highest BCUT2D eigenvalue weighted by Crippen LogP contribution is 2.32. The number of benzene rings is 2. The zero-order chi connectivity index (χ0) is 27.4. The third-order valence-corrected chi connectivity index (χ3v) is 8.56. The SMILES string of the molecule is Cc1ccc(Cl)cc1-n1c(SCc2nc(C(=O)NCCc3ccc(Cl)cc3Cl)cs2)nnc1-c1cccnc1. The first kappa shape index (κ1) is 27.6. The van der Waals surface area contributed by atoms with Gasteiger partial charge in [0.25, 0.3) is 5.91 Å². The summed E-state index contributed by atoms with van der Waals surface area (Å²) in [5.41, 5.74) is 4.04. The fourth-order valence-electron chi connectivity index (χ4n) is 3.82. The molecule has 0 bridgehead atoms. The Morgan fingerprint density at radius 3 is 2.69 bits per heavy atom. The van der Waals surface area contributed by atoms with Crippen molar-refractivity contribution in [2.24, 2.45) is 0 Å². The molecule has 7 nitrogen and oxygen atoms in total. The molecule has 0 aliphatic carbocycles. The lowest BCUT2D eigenvalue weighted by molar-refractivity contribution is 0.0949. The molecule has 198 valence electrons. The smallest absolute Gasteiger partial charge is 0.270 e. The number of nitrogens with one attached hydrogen (secondary N) is 1. The van der Waals surface area contributed by atoms with Gasteiger partial charge in [-0.05, 0) is 60.9 Å². The van der Waals surface area contributed by atoms with E-state index in [1.54, 1.807) is 29.9 Å². The van der Waals surface area contributed by atoms with E-state index in [4.69, 9.17) is 34.8 Å². The Kier molecular flexibility index (Phi) is 8.84. The highest BCUT2D eigenvalue weighted by Gasteiger charge is 2.19. The second-order valence-electron chi connectivity index (χ2n) is 8.47. The molecule has 2 aromatic carbocycles. The summed E-state index contributed by atoms with van der Waals surface area (Å²) < 4.78 is 1.98. The van der Waals surface area contributed by atoms with Crippen molar-refractivity contribution < 1.29 is 4.79 Å². The molecule has 0 saturated carbocycles. The molecule has 0 saturated heterocycles. The number of amides is 1. The molecular weight excluding hydrogens is 595 g/mol. The summed E-state index contributed by atoms with van der Waals surface area (Å²) in [6.45, 7) is 2.45. The highest BCUT2D eigenvalue weighted by molar-refractivity contribution is 7.98. The monoisotopic (exact) mass is 614 g/mol. The van der Waals surface area contributed by atoms with Crippen molar-refractivity contribution in [3.8, 4) is 17.1 Å². The van der Waals surface area contributed by atoms with Crippen LogP contribution in [0.15, 0.2) is 71.5 Å². The van der Waals surface area contributed by atoms with Gasteiger partial charge in [0.05, 0.1) is 11.4 Å². The van der Waals surface area contributed by atoms with E-state index >= 15 is 0 Å². The van der Waals surface area contributed by atoms with Crippen LogP contribution in [0.5, 0.6) is 0 Å². The number of thioether (sulfide) groups is 1. The summed E-state index contributed by atoms with van der Waals surface area (Å²) in [7, 11) is 0. The number of hydrogen-bond donors (Lipinski definition) is 1. The number of thiazole rings is 1. The van der Waals surface area contributed by atoms with Crippen molar-refractivity contribution in [1.29, 1.82) is 0 Å². The number of pyridine rings is 1. The lowest BCUT2D eigenvalue weighted by atomic mass is 10.1. The van der Waals surface area contributed by atoms with Crippen LogP contribution in [0.3, 0.4) is 0 Å². The van der Waals surface area contributed by atoms with E-state index in [1.807, 2.05) is 47.9 Å². The molecule has 0 atom stereocenters. The number of hydrogen-bond acceptors (Lipinski definition) is 7. The summed E-state index contributed by atoms with van der Waals surface area (Å²) in [5, 5.41) is 16.8. The molecule has 0 fully saturated rings. The van der Waals surface area contributed by atoms with Crippen LogP contribution in [0.1, 0.15) is 26.6 Å². The van der Waals surface area contributed by atoms with Crippen LogP contribution < -0.4 is 5.32 Å². The van der Waals surface area contributed by atoms with Gasteiger partial charge in [-0.15, -0.1) is 21.5 Å². The molecule has 0 spiro atoms. The van der Waals surface area contributed by atoms with Crippen LogP contribution in [0, 0.1) is 6.92 Å². The molecule has 5 rings (SSSR count). The molecule has 5 aromatic rings. The Morgan fingerprint density at radius 2 is 1.90 bits per heavy atom. The number of halogens is 3. The lowest BCUT2D eigenvalue weighted by Crippen LogP contribution is -2.26. The lowest BCUT2D eigenvalue weighted by Gasteiger charge is -2.13. The van der Waals surface area contributed by atoms with E-state index in [0.717, 1.165) is 27.4 Å². The minimum atomic E-state index is -0.232. The first-order valence-corrected chi connectivity index (χ1v) is 14.8. The Bertz CT molecular complexity index is 1620. The van der Waals surface area contributed by atoms with Gasteiger partial charge >= 0.3 is 0 Å². The van der Waals surface area contributed by atoms with Crippen molar-refractivity contribution in [3.05, 3.63) is 103 Å². The minimum Gasteiger partial charge on any atom is -0.350 e. The van der Waals surface area contributed by atoms with Gasteiger partial charge in [-0.2, -0.15) is 0 Å². The molecule has 3 aromatic heterocycles. The summed E-state index contributed by atoms with van der Waals surface area (Å²) in [4.78, 5) is 21.4. The van der Waals surface area contributed by atoms with E-state index in [9.17, 15) is 4.79 Å². The van der Waals surface area contributed by atoms with Gasteiger partial charge in [0.15, 0.2) is 11.0 Å². The number of nitrogens with zero attached hydrogens (tertiary/aromatic N) is 5. The number of aryl methyl sites for hydroxylation is 1. The van der Waals surface area contributed by atoms with Gasteiger partial charge in [0, 0.05) is 44.9 Å². The van der Waals surface area contributed by atoms with Crippen molar-refractivity contribution in [2.75, 3.05) is 6.54 Å². The largest absolute Gasteiger partial charge is 0.350 e. The fraction of sp³-hybridized carbons (Fsp3) is 0.148. The van der Waals surface area contributed by atoms with Crippen LogP contribution in [0.4, 0.5) is 0 Å². The maximum Gasteiger partial charge on any atom is 0.270 e. The second-order valence-corrected chi connectivity index (χ2v) is 11.6. The molecule has 0 radical (unpaired) electrons. The third-order valence-electron chi connectivity index (χ3n) is 5.77. The molecule has 0 unspecified atom stereocenters. The molecule has 12 heteroatoms. The van der Waals surface area contributed by atoms with Gasteiger partial charge < -0.3 is 5.32 Å². The third kappa shape index (κ3) is 6.62. The van der Waals surface area contributed by atoms with E-state index in [0.29, 0.717) is 50.5 Å². The number of aromatic nitrogens is 5. The van der Waals surface area contributed by atoms with Crippen LogP contribution in [-0.2, 0) is 12.2 Å². The summed E-state index contributed by atoms with van der Waals surface area (Å²) >= 11 is 21.4. The number of carbonyl (C=O) groups is 1. The van der Waals surface area contributed by atoms with Gasteiger partial charge in [0.2, 0.25) is 0 Å². The Labute approximate surface area is 248 Å². The van der Waals surface area contributed by atoms with Crippen LogP contribution in [0.2, 0.25) is 15.1 Å². The minimum absolute atomic E-state index is 0.232. The highest BCUT2D eigenvalue weighted by atomic mass is 35.5. The topological polar surface area (TPSA) is 85.6 Å². The average Bonchev–Trinajstić information content (AvgIpc) is 3.58. The normalized spacial score (nSPS) is 11.1. The second kappa shape index (κ2) is 12.5. The van der Waals surface area contributed by atoms with E-state index in [-0.39, 0.29) is 5.91 Å². The molecule has 3 heterocycles. The quantitative estimate of drug-likeness (QED) is 0.175. The number of rotatable bonds is 9. The summed E-state index contributed by atoms with van der Waals surface area (Å²) in [5.74, 6) is 0.948. The predicted octanol–water partition coefficient (Wildman–Crippen LogP) is 7.32. The Hall–Kier alpha value is -2.95. The van der Waals surface area contributed by atoms with Crippen molar-refractivity contribution >= 4 is 63.8 Å². The predicted molar refractivity (Wildman–Crippen MR) is 159 cm³/mol. The maximum absolute atomic E-state index is 12.7. The standard InChI is InChI=1S/C27H21Cl3N6OS2/c1-16-4-6-20(29)12-23(16)36-25(18-3-2-9-31-13-18)34-35-27(36)39-15-24-33-22(14-38-24)26(37)32-10-8-17-5-7-19(28)11-21(17)30/h2-7,9,11-14H,8,10,15H2,1H3,(H,32,37). The fourth-order valence-corrected chi connectivity index (χ4v) is 6.23. The Balaban J connectivity index is 1.29. The molecule has 1 N–H and O–H groups in total. The summed E-state index contributed by atoms with van der Waals surface area (Å²) in [6, 6.07) is 14.8. The van der Waals surface area contributed by atoms with Crippen molar-refractivity contribution in [3.63, 3.8) is 0 Å². The zero-order valence-corrected chi connectivity index (χ0v) is 24.5. The molecule has 0 aliphatic heterocycles. The number of carbonyl (C=O) groups excluding carboxylic acids is 1. The van der Waals surface area contributed by atoms with Gasteiger partial charge in [0.1, 0.15) is 10.7 Å². The van der Waals surface area contributed by atoms with Crippen LogP contribution in [-0.4, -0.2) is 37.2 Å². The van der Waals surface area contributed by atoms with Gasteiger partial charge in [-0.25, -0.2) is 4.98 Å². The zero-order valence-electron chi connectivity index (χ0n) is 20.6. The summed E-state index contributed by atoms with van der Waals surface area (Å²) in [6.07, 6.45) is 4.06. The van der Waals surface area contributed by atoms with Gasteiger partial charge in [-0.3, -0.25) is 14.3 Å². The molecule has 39 heavy (non-hydrogen) atoms. The Morgan fingerprint density at radius 1 is 1.08 bits per heavy atom. The molecule has 0 aliphatic rings. The van der Waals surface area contributed by atoms with E-state index in [2.05, 4.69) is 25.5 Å². The molecular formula is C27H21Cl3N6OS2. The first-order chi connectivity index (χ1) is 18.9.